The zero-order chi connectivity index (χ0) is 21.1. The van der Waals surface area contributed by atoms with Crippen LogP contribution in [-0.4, -0.2) is 74.9 Å². The number of likely N-dealkylation sites (tertiary alicyclic amines) is 1. The monoisotopic (exact) mass is 545 g/mol. The number of halogens is 4. The molecule has 1 aromatic rings. The second-order valence-electron chi connectivity index (χ2n) is 6.72. The molecule has 1 fully saturated rings. The number of aromatic nitrogens is 1. The van der Waals surface area contributed by atoms with Crippen molar-refractivity contribution in [3.05, 3.63) is 23.9 Å². The minimum Gasteiger partial charge on any atom is -0.475 e. The lowest BCUT2D eigenvalue weighted by Crippen LogP contribution is -2.49. The fraction of sp³-hybridized carbons (Fsp3) is 0.684. The van der Waals surface area contributed by atoms with Gasteiger partial charge in [0.25, 0.3) is 0 Å². The predicted octanol–water partition coefficient (Wildman–Crippen LogP) is 2.76. The highest BCUT2D eigenvalue weighted by atomic mass is 127. The molecule has 0 saturated carbocycles. The second-order valence-corrected chi connectivity index (χ2v) is 6.72. The van der Waals surface area contributed by atoms with Gasteiger partial charge in [0, 0.05) is 45.5 Å². The molecule has 1 aliphatic heterocycles. The van der Waals surface area contributed by atoms with Crippen molar-refractivity contribution >= 4 is 29.9 Å². The highest BCUT2D eigenvalue weighted by Gasteiger charge is 2.35. The second kappa shape index (κ2) is 13.9. The minimum absolute atomic E-state index is 0. The molecule has 0 atom stereocenters. The SMILES string of the molecule is CCNC(=NCCOc1ncccc1C(F)(F)F)NC1CCN(CCOC)CC1.I. The van der Waals surface area contributed by atoms with Crippen molar-refractivity contribution < 1.29 is 22.6 Å². The molecule has 7 nitrogen and oxygen atoms in total. The summed E-state index contributed by atoms with van der Waals surface area (Å²) in [6.45, 7) is 6.52. The molecule has 2 heterocycles. The zero-order valence-electron chi connectivity index (χ0n) is 17.4. The molecular weight excluding hydrogens is 514 g/mol. The van der Waals surface area contributed by atoms with Gasteiger partial charge in [0.2, 0.25) is 5.88 Å². The largest absolute Gasteiger partial charge is 0.475 e. The Labute approximate surface area is 192 Å². The average Bonchev–Trinajstić information content (AvgIpc) is 2.70. The van der Waals surface area contributed by atoms with Gasteiger partial charge in [-0.3, -0.25) is 0 Å². The summed E-state index contributed by atoms with van der Waals surface area (Å²) < 4.78 is 49.2. The van der Waals surface area contributed by atoms with Gasteiger partial charge in [0.15, 0.2) is 5.96 Å². The van der Waals surface area contributed by atoms with E-state index in [-0.39, 0.29) is 37.1 Å². The number of hydrogen-bond donors (Lipinski definition) is 2. The maximum absolute atomic E-state index is 13.0. The third kappa shape index (κ3) is 9.21. The van der Waals surface area contributed by atoms with Crippen LogP contribution in [0.25, 0.3) is 0 Å². The van der Waals surface area contributed by atoms with Gasteiger partial charge in [-0.25, -0.2) is 9.98 Å². The van der Waals surface area contributed by atoms with Gasteiger partial charge < -0.3 is 25.0 Å². The third-order valence-corrected chi connectivity index (χ3v) is 4.56. The summed E-state index contributed by atoms with van der Waals surface area (Å²) in [7, 11) is 1.70. The molecule has 1 aliphatic rings. The maximum Gasteiger partial charge on any atom is 0.421 e. The van der Waals surface area contributed by atoms with Gasteiger partial charge in [-0.05, 0) is 31.9 Å². The fourth-order valence-electron chi connectivity index (χ4n) is 3.06. The summed E-state index contributed by atoms with van der Waals surface area (Å²) in [5.74, 6) is 0.222. The van der Waals surface area contributed by atoms with E-state index in [1.54, 1.807) is 7.11 Å². The van der Waals surface area contributed by atoms with Crippen LogP contribution in [0.4, 0.5) is 13.2 Å². The Bertz CT molecular complexity index is 641. The van der Waals surface area contributed by atoms with Gasteiger partial charge in [0.1, 0.15) is 12.2 Å². The molecular formula is C19H31F3IN5O2. The molecule has 2 rings (SSSR count). The van der Waals surface area contributed by atoms with E-state index in [9.17, 15) is 13.2 Å². The highest BCUT2D eigenvalue weighted by Crippen LogP contribution is 2.34. The van der Waals surface area contributed by atoms with Crippen molar-refractivity contribution in [1.82, 2.24) is 20.5 Å². The number of aliphatic imine (C=N–C) groups is 1. The average molecular weight is 545 g/mol. The molecule has 1 aromatic heterocycles. The summed E-state index contributed by atoms with van der Waals surface area (Å²) in [5.41, 5.74) is -0.880. The normalized spacial score (nSPS) is 16.1. The molecule has 0 unspecified atom stereocenters. The van der Waals surface area contributed by atoms with Crippen LogP contribution in [-0.2, 0) is 10.9 Å². The van der Waals surface area contributed by atoms with Crippen LogP contribution in [0.5, 0.6) is 5.88 Å². The molecule has 0 aromatic carbocycles. The molecule has 0 bridgehead atoms. The first-order chi connectivity index (χ1) is 13.9. The first kappa shape index (κ1) is 26.7. The maximum atomic E-state index is 13.0. The van der Waals surface area contributed by atoms with Crippen molar-refractivity contribution in [3.63, 3.8) is 0 Å². The van der Waals surface area contributed by atoms with Crippen molar-refractivity contribution in [2.45, 2.75) is 32.0 Å². The first-order valence-electron chi connectivity index (χ1n) is 9.85. The Morgan fingerprint density at radius 1 is 1.30 bits per heavy atom. The topological polar surface area (TPSA) is 71.0 Å². The Balaban J connectivity index is 0.00000450. The van der Waals surface area contributed by atoms with Gasteiger partial charge in [-0.2, -0.15) is 13.2 Å². The highest BCUT2D eigenvalue weighted by molar-refractivity contribution is 14.0. The molecule has 30 heavy (non-hydrogen) atoms. The van der Waals surface area contributed by atoms with E-state index in [4.69, 9.17) is 9.47 Å². The van der Waals surface area contributed by atoms with Crippen LogP contribution in [0.3, 0.4) is 0 Å². The van der Waals surface area contributed by atoms with Crippen LogP contribution in [0.1, 0.15) is 25.3 Å². The predicted molar refractivity (Wildman–Crippen MR) is 121 cm³/mol. The molecule has 0 radical (unpaired) electrons. The lowest BCUT2D eigenvalue weighted by molar-refractivity contribution is -0.139. The summed E-state index contributed by atoms with van der Waals surface area (Å²) in [4.78, 5) is 10.5. The van der Waals surface area contributed by atoms with Crippen molar-refractivity contribution in [1.29, 1.82) is 0 Å². The minimum atomic E-state index is -4.50. The van der Waals surface area contributed by atoms with E-state index in [0.29, 0.717) is 18.5 Å². The molecule has 1 saturated heterocycles. The van der Waals surface area contributed by atoms with Crippen molar-refractivity contribution in [2.24, 2.45) is 4.99 Å². The van der Waals surface area contributed by atoms with Gasteiger partial charge in [-0.1, -0.05) is 0 Å². The first-order valence-corrected chi connectivity index (χ1v) is 9.85. The van der Waals surface area contributed by atoms with Gasteiger partial charge in [0.05, 0.1) is 13.2 Å². The van der Waals surface area contributed by atoms with Crippen LogP contribution < -0.4 is 15.4 Å². The number of guanidine groups is 1. The fourth-order valence-corrected chi connectivity index (χ4v) is 3.06. The van der Waals surface area contributed by atoms with Crippen LogP contribution in [0.15, 0.2) is 23.3 Å². The molecule has 0 spiro atoms. The Morgan fingerprint density at radius 2 is 2.03 bits per heavy atom. The van der Waals surface area contributed by atoms with Crippen molar-refractivity contribution in [2.75, 3.05) is 53.0 Å². The Hall–Kier alpha value is -1.34. The summed E-state index contributed by atoms with van der Waals surface area (Å²) in [6.07, 6.45) is -1.24. The number of pyridine rings is 1. The number of nitrogens with zero attached hydrogens (tertiary/aromatic N) is 3. The number of nitrogens with one attached hydrogen (secondary N) is 2. The number of ether oxygens (including phenoxy) is 2. The number of piperidine rings is 1. The Kier molecular flexibility index (Phi) is 12.3. The van der Waals surface area contributed by atoms with Crippen LogP contribution in [0.2, 0.25) is 0 Å². The van der Waals surface area contributed by atoms with Crippen LogP contribution in [0, 0.1) is 0 Å². The van der Waals surface area contributed by atoms with E-state index in [2.05, 4.69) is 25.5 Å². The van der Waals surface area contributed by atoms with Crippen molar-refractivity contribution in [3.8, 4) is 5.88 Å². The molecule has 2 N–H and O–H groups in total. The lowest BCUT2D eigenvalue weighted by atomic mass is 10.1. The van der Waals surface area contributed by atoms with Gasteiger partial charge >= 0.3 is 6.18 Å². The molecule has 11 heteroatoms. The van der Waals surface area contributed by atoms with Gasteiger partial charge in [-0.15, -0.1) is 24.0 Å². The molecule has 172 valence electrons. The number of alkyl halides is 3. The Morgan fingerprint density at radius 3 is 2.67 bits per heavy atom. The van der Waals surface area contributed by atoms with E-state index in [1.165, 1.54) is 12.3 Å². The number of methoxy groups -OCH3 is 1. The summed E-state index contributed by atoms with van der Waals surface area (Å²) >= 11 is 0. The number of hydrogen-bond acceptors (Lipinski definition) is 5. The van der Waals surface area contributed by atoms with E-state index < -0.39 is 17.6 Å². The molecule has 0 amide bonds. The van der Waals surface area contributed by atoms with E-state index in [1.807, 2.05) is 6.92 Å². The lowest BCUT2D eigenvalue weighted by Gasteiger charge is -2.32. The zero-order valence-corrected chi connectivity index (χ0v) is 19.7. The van der Waals surface area contributed by atoms with E-state index in [0.717, 1.165) is 45.1 Å². The summed E-state index contributed by atoms with van der Waals surface area (Å²) in [5, 5.41) is 6.56. The number of rotatable bonds is 9. The quantitative estimate of drug-likeness (QED) is 0.215. The third-order valence-electron chi connectivity index (χ3n) is 4.56. The van der Waals surface area contributed by atoms with E-state index >= 15 is 0 Å². The summed E-state index contributed by atoms with van der Waals surface area (Å²) in [6, 6.07) is 2.50. The standard InChI is InChI=1S/C19H30F3N5O2.HI/c1-3-23-18(26-15-6-10-27(11-7-15)12-14-28-2)25-9-13-29-17-16(19(20,21)22)5-4-8-24-17;/h4-5,8,15H,3,6-7,9-14H2,1-2H3,(H2,23,25,26);1H. The molecule has 0 aliphatic carbocycles. The van der Waals surface area contributed by atoms with Crippen LogP contribution >= 0.6 is 24.0 Å². The smallest absolute Gasteiger partial charge is 0.421 e.